The molecule has 0 aliphatic heterocycles. The quantitative estimate of drug-likeness (QED) is 0.248. The van der Waals surface area contributed by atoms with Crippen LogP contribution in [0.15, 0.2) is 11.0 Å². The van der Waals surface area contributed by atoms with Crippen molar-refractivity contribution in [2.75, 3.05) is 12.1 Å². The van der Waals surface area contributed by atoms with Gasteiger partial charge in [-0.15, -0.1) is 0 Å². The van der Waals surface area contributed by atoms with Crippen LogP contribution in [0.25, 0.3) is 10.2 Å². The lowest BCUT2D eigenvalue weighted by Gasteiger charge is -2.13. The largest absolute Gasteiger partial charge is 0.479 e. The number of anilines is 1. The van der Waals surface area contributed by atoms with Gasteiger partial charge >= 0.3 is 7.60 Å². The molecule has 2 aromatic rings. The minimum atomic E-state index is -4.32. The van der Waals surface area contributed by atoms with Crippen LogP contribution >= 0.6 is 30.7 Å². The van der Waals surface area contributed by atoms with E-state index in [1.165, 1.54) is 11.3 Å². The highest BCUT2D eigenvalue weighted by Crippen LogP contribution is 2.42. The van der Waals surface area contributed by atoms with Crippen molar-refractivity contribution in [2.45, 2.75) is 43.9 Å². The molecule has 0 aliphatic rings. The first-order valence-electron chi connectivity index (χ1n) is 7.81. The number of aryl methyl sites for hydroxylation is 1. The number of unbranched alkanes of at least 4 members (excludes halogenated alkanes) is 3. The predicted octanol–water partition coefficient (Wildman–Crippen LogP) is 4.09. The number of nitrogens with zero attached hydrogens (tertiary/aromatic N) is 2. The standard InChI is InChI=1S/C15H20N3O4PS2/c1-2-3-4-5-6-10-12(24-8-16)7-11(22-9-23(19,20)21)13-14(10)25-15(17)18-13/h7H,2-6,9H2,1H3,(H2,17,18)(H2,19,20,21). The van der Waals surface area contributed by atoms with Crippen molar-refractivity contribution < 1.29 is 19.1 Å². The Bertz CT molecular complexity index is 828. The first-order chi connectivity index (χ1) is 11.9. The van der Waals surface area contributed by atoms with Gasteiger partial charge in [-0.1, -0.05) is 37.5 Å². The first kappa shape index (κ1) is 20.0. The van der Waals surface area contributed by atoms with Gasteiger partial charge in [-0.05, 0) is 36.2 Å². The van der Waals surface area contributed by atoms with E-state index in [4.69, 9.17) is 25.5 Å². The number of rotatable bonds is 9. The molecule has 4 N–H and O–H groups in total. The highest BCUT2D eigenvalue weighted by Gasteiger charge is 2.20. The van der Waals surface area contributed by atoms with Crippen molar-refractivity contribution in [3.8, 4) is 11.2 Å². The summed E-state index contributed by atoms with van der Waals surface area (Å²) in [5.41, 5.74) is 7.32. The first-order valence-corrected chi connectivity index (χ1v) is 11.2. The molecule has 0 unspecified atom stereocenters. The van der Waals surface area contributed by atoms with Crippen LogP contribution in [0.5, 0.6) is 5.75 Å². The summed E-state index contributed by atoms with van der Waals surface area (Å²) >= 11 is 2.31. The molecule has 25 heavy (non-hydrogen) atoms. The molecule has 2 rings (SSSR count). The number of nitriles is 1. The van der Waals surface area contributed by atoms with Gasteiger partial charge in [0, 0.05) is 4.90 Å². The third-order valence-corrected chi connectivity index (χ3v) is 5.62. The molecule has 0 aliphatic carbocycles. The third-order valence-electron chi connectivity index (χ3n) is 3.53. The molecular weight excluding hydrogens is 381 g/mol. The minimum absolute atomic E-state index is 0.237. The van der Waals surface area contributed by atoms with Gasteiger partial charge in [0.2, 0.25) is 0 Å². The number of benzene rings is 1. The Morgan fingerprint density at radius 2 is 2.20 bits per heavy atom. The van der Waals surface area contributed by atoms with Crippen LogP contribution in [0.1, 0.15) is 38.2 Å². The predicted molar refractivity (Wildman–Crippen MR) is 101 cm³/mol. The number of ether oxygens (including phenoxy) is 1. The Kier molecular flexibility index (Phi) is 7.11. The molecule has 0 bridgehead atoms. The molecule has 0 saturated carbocycles. The van der Waals surface area contributed by atoms with E-state index >= 15 is 0 Å². The van der Waals surface area contributed by atoms with Gasteiger partial charge in [0.1, 0.15) is 16.7 Å². The Hall–Kier alpha value is -1.30. The molecule has 0 fully saturated rings. The number of aromatic nitrogens is 1. The Morgan fingerprint density at radius 1 is 1.44 bits per heavy atom. The van der Waals surface area contributed by atoms with Crippen LogP contribution in [0, 0.1) is 10.7 Å². The van der Waals surface area contributed by atoms with Crippen molar-refractivity contribution in [2.24, 2.45) is 0 Å². The molecule has 136 valence electrons. The average molecular weight is 401 g/mol. The van der Waals surface area contributed by atoms with Crippen LogP contribution in [-0.4, -0.2) is 21.1 Å². The number of hydrogen-bond acceptors (Lipinski definition) is 7. The number of hydrogen-bond donors (Lipinski definition) is 3. The lowest BCUT2D eigenvalue weighted by Crippen LogP contribution is -2.00. The zero-order valence-electron chi connectivity index (χ0n) is 13.8. The molecular formula is C15H20N3O4PS2. The second-order valence-electron chi connectivity index (χ2n) is 5.52. The Balaban J connectivity index is 2.43. The van der Waals surface area contributed by atoms with E-state index < -0.39 is 13.9 Å². The molecule has 1 aromatic carbocycles. The molecule has 10 heteroatoms. The van der Waals surface area contributed by atoms with E-state index in [1.807, 2.05) is 0 Å². The summed E-state index contributed by atoms with van der Waals surface area (Å²) in [6, 6.07) is 1.63. The van der Waals surface area contributed by atoms with Crippen LogP contribution in [0.2, 0.25) is 0 Å². The molecule has 1 aromatic heterocycles. The van der Waals surface area contributed by atoms with E-state index in [9.17, 15) is 4.57 Å². The van der Waals surface area contributed by atoms with Gasteiger partial charge in [0.15, 0.2) is 11.5 Å². The SMILES string of the molecule is CCCCCCc1c(SC#N)cc(OCP(=O)(O)O)c2nc(N)sc12. The number of thiazole rings is 1. The molecule has 1 heterocycles. The number of thioether (sulfide) groups is 1. The summed E-state index contributed by atoms with van der Waals surface area (Å²) in [5.74, 6) is 0.237. The summed E-state index contributed by atoms with van der Waals surface area (Å²) < 4.78 is 17.2. The average Bonchev–Trinajstić information content (AvgIpc) is 2.92. The zero-order chi connectivity index (χ0) is 18.4. The highest BCUT2D eigenvalue weighted by molar-refractivity contribution is 8.03. The molecule has 0 saturated heterocycles. The van der Waals surface area contributed by atoms with Gasteiger partial charge in [-0.3, -0.25) is 4.57 Å². The summed E-state index contributed by atoms with van der Waals surface area (Å²) in [7, 11) is -4.32. The van der Waals surface area contributed by atoms with E-state index in [1.54, 1.807) is 6.07 Å². The summed E-state index contributed by atoms with van der Waals surface area (Å²) in [6.45, 7) is 2.15. The minimum Gasteiger partial charge on any atom is -0.479 e. The van der Waals surface area contributed by atoms with Gasteiger partial charge < -0.3 is 20.3 Å². The lowest BCUT2D eigenvalue weighted by molar-refractivity contribution is 0.302. The van der Waals surface area contributed by atoms with E-state index in [0.717, 1.165) is 59.0 Å². The van der Waals surface area contributed by atoms with Crippen LogP contribution < -0.4 is 10.5 Å². The summed E-state index contributed by atoms with van der Waals surface area (Å²) in [6.07, 6.45) is 4.42. The van der Waals surface area contributed by atoms with Gasteiger partial charge in [-0.25, -0.2) is 4.98 Å². The van der Waals surface area contributed by atoms with Crippen molar-refractivity contribution in [1.82, 2.24) is 4.98 Å². The molecule has 7 nitrogen and oxygen atoms in total. The third kappa shape index (κ3) is 5.59. The lowest BCUT2D eigenvalue weighted by atomic mass is 10.1. The molecule has 0 atom stereocenters. The Morgan fingerprint density at radius 3 is 2.84 bits per heavy atom. The molecule has 0 amide bonds. The normalized spacial score (nSPS) is 11.6. The number of nitrogens with two attached hydrogens (primary N) is 1. The van der Waals surface area contributed by atoms with E-state index in [0.29, 0.717) is 10.6 Å². The fraction of sp³-hybridized carbons (Fsp3) is 0.467. The van der Waals surface area contributed by atoms with Crippen LogP contribution in [0.4, 0.5) is 5.13 Å². The van der Waals surface area contributed by atoms with Crippen molar-refractivity contribution in [1.29, 1.82) is 5.26 Å². The number of fused-ring (bicyclic) bond motifs is 1. The topological polar surface area (TPSA) is 129 Å². The van der Waals surface area contributed by atoms with Crippen LogP contribution in [-0.2, 0) is 11.0 Å². The van der Waals surface area contributed by atoms with E-state index in [2.05, 4.69) is 17.3 Å². The smallest absolute Gasteiger partial charge is 0.362 e. The Labute approximate surface area is 154 Å². The maximum Gasteiger partial charge on any atom is 0.362 e. The van der Waals surface area contributed by atoms with Crippen molar-refractivity contribution >= 4 is 46.0 Å². The van der Waals surface area contributed by atoms with Gasteiger partial charge in [0.05, 0.1) is 4.70 Å². The second-order valence-corrected chi connectivity index (χ2v) is 8.97. The fourth-order valence-electron chi connectivity index (χ4n) is 2.46. The van der Waals surface area contributed by atoms with Gasteiger partial charge in [0.25, 0.3) is 0 Å². The second kappa shape index (κ2) is 8.88. The van der Waals surface area contributed by atoms with Crippen molar-refractivity contribution in [3.05, 3.63) is 11.6 Å². The van der Waals surface area contributed by atoms with Crippen molar-refractivity contribution in [3.63, 3.8) is 0 Å². The zero-order valence-corrected chi connectivity index (χ0v) is 16.3. The molecule has 0 radical (unpaired) electrons. The highest BCUT2D eigenvalue weighted by atomic mass is 32.2. The monoisotopic (exact) mass is 401 g/mol. The maximum atomic E-state index is 11.1. The maximum absolute atomic E-state index is 11.1. The number of nitrogen functional groups attached to an aromatic ring is 1. The van der Waals surface area contributed by atoms with Crippen LogP contribution in [0.3, 0.4) is 0 Å². The fourth-order valence-corrected chi connectivity index (χ4v) is 4.35. The van der Waals surface area contributed by atoms with Gasteiger partial charge in [-0.2, -0.15) is 5.26 Å². The van der Waals surface area contributed by atoms with E-state index in [-0.39, 0.29) is 5.75 Å². The summed E-state index contributed by atoms with van der Waals surface area (Å²) in [5, 5.41) is 11.5. The number of thiocyanates is 1. The summed E-state index contributed by atoms with van der Waals surface area (Å²) in [4.78, 5) is 23.0. The molecule has 0 spiro atoms.